The Kier molecular flexibility index (Phi) is 5.03. The Morgan fingerprint density at radius 1 is 1.00 bits per heavy atom. The summed E-state index contributed by atoms with van der Waals surface area (Å²) in [6.45, 7) is -0.309. The van der Waals surface area contributed by atoms with Crippen LogP contribution in [0.3, 0.4) is 0 Å². The molecule has 2 aromatic carbocycles. The van der Waals surface area contributed by atoms with Crippen molar-refractivity contribution in [2.24, 2.45) is 0 Å². The van der Waals surface area contributed by atoms with Crippen LogP contribution in [0.1, 0.15) is 0 Å². The minimum absolute atomic E-state index is 0.253. The van der Waals surface area contributed by atoms with E-state index in [1.54, 1.807) is 49.7 Å². The van der Waals surface area contributed by atoms with Crippen LogP contribution in [0.25, 0.3) is 22.0 Å². The molecular weight excluding hydrogens is 350 g/mol. The van der Waals surface area contributed by atoms with Gasteiger partial charge in [-0.1, -0.05) is 12.1 Å². The Bertz CT molecular complexity index is 1050. The molecule has 27 heavy (non-hydrogen) atoms. The fourth-order valence-corrected chi connectivity index (χ4v) is 2.98. The van der Waals surface area contributed by atoms with Crippen LogP contribution in [0.4, 0.5) is 0 Å². The molecular formula is C20H19NO6. The second-order valence-corrected chi connectivity index (χ2v) is 5.85. The molecule has 0 amide bonds. The number of carboxylic acids is 1. The number of hydrogen-bond donors (Lipinski definition) is 1. The highest BCUT2D eigenvalue weighted by Crippen LogP contribution is 2.31. The number of carbonyl (C=O) groups is 1. The van der Waals surface area contributed by atoms with Crippen molar-refractivity contribution in [1.82, 2.24) is 4.57 Å². The SMILES string of the molecule is COc1ccc(-c2cn(CC(=O)O)c3cc(OC)cc(OC)c3c2=O)cc1. The number of aromatic nitrogens is 1. The number of nitrogens with zero attached hydrogens (tertiary/aromatic N) is 1. The van der Waals surface area contributed by atoms with E-state index in [0.717, 1.165) is 0 Å². The lowest BCUT2D eigenvalue weighted by molar-refractivity contribution is -0.137. The third kappa shape index (κ3) is 3.44. The van der Waals surface area contributed by atoms with E-state index < -0.39 is 5.97 Å². The number of aliphatic carboxylic acids is 1. The largest absolute Gasteiger partial charge is 0.497 e. The Labute approximate surface area is 155 Å². The lowest BCUT2D eigenvalue weighted by atomic mass is 10.0. The molecule has 3 aromatic rings. The first-order valence-electron chi connectivity index (χ1n) is 8.14. The molecule has 0 spiro atoms. The fraction of sp³-hybridized carbons (Fsp3) is 0.200. The van der Waals surface area contributed by atoms with Crippen LogP contribution in [0.5, 0.6) is 17.2 Å². The van der Waals surface area contributed by atoms with E-state index in [2.05, 4.69) is 0 Å². The number of methoxy groups -OCH3 is 3. The molecule has 1 heterocycles. The molecule has 1 N–H and O–H groups in total. The zero-order chi connectivity index (χ0) is 19.6. The van der Waals surface area contributed by atoms with Crippen molar-refractivity contribution in [2.45, 2.75) is 6.54 Å². The molecule has 0 fully saturated rings. The first-order valence-corrected chi connectivity index (χ1v) is 8.14. The number of rotatable bonds is 6. The number of pyridine rings is 1. The van der Waals surface area contributed by atoms with E-state index in [-0.39, 0.29) is 12.0 Å². The average molecular weight is 369 g/mol. The number of benzene rings is 2. The summed E-state index contributed by atoms with van der Waals surface area (Å²) in [5, 5.41) is 9.60. The van der Waals surface area contributed by atoms with Crippen molar-refractivity contribution in [2.75, 3.05) is 21.3 Å². The van der Waals surface area contributed by atoms with E-state index in [4.69, 9.17) is 14.2 Å². The van der Waals surface area contributed by atoms with Crippen LogP contribution in [-0.4, -0.2) is 37.0 Å². The average Bonchev–Trinajstić information content (AvgIpc) is 2.68. The van der Waals surface area contributed by atoms with E-state index in [9.17, 15) is 14.7 Å². The Morgan fingerprint density at radius 2 is 1.67 bits per heavy atom. The maximum absolute atomic E-state index is 13.2. The van der Waals surface area contributed by atoms with Gasteiger partial charge in [-0.05, 0) is 17.7 Å². The number of fused-ring (bicyclic) bond motifs is 1. The summed E-state index contributed by atoms with van der Waals surface area (Å²) in [4.78, 5) is 24.5. The zero-order valence-corrected chi connectivity index (χ0v) is 15.2. The van der Waals surface area contributed by atoms with Crippen LogP contribution >= 0.6 is 0 Å². The molecule has 0 bridgehead atoms. The smallest absolute Gasteiger partial charge is 0.323 e. The predicted molar refractivity (Wildman–Crippen MR) is 101 cm³/mol. The molecule has 1 aromatic heterocycles. The van der Waals surface area contributed by atoms with E-state index in [1.165, 1.54) is 18.8 Å². The minimum atomic E-state index is -1.03. The topological polar surface area (TPSA) is 87.0 Å². The molecule has 0 unspecified atom stereocenters. The van der Waals surface area contributed by atoms with Crippen molar-refractivity contribution >= 4 is 16.9 Å². The van der Waals surface area contributed by atoms with Crippen molar-refractivity contribution in [1.29, 1.82) is 0 Å². The van der Waals surface area contributed by atoms with Gasteiger partial charge < -0.3 is 23.9 Å². The van der Waals surface area contributed by atoms with Gasteiger partial charge in [-0.3, -0.25) is 9.59 Å². The Hall–Kier alpha value is -3.48. The second-order valence-electron chi connectivity index (χ2n) is 5.85. The van der Waals surface area contributed by atoms with Gasteiger partial charge in [-0.2, -0.15) is 0 Å². The van der Waals surface area contributed by atoms with E-state index >= 15 is 0 Å². The lowest BCUT2D eigenvalue weighted by Gasteiger charge is -2.15. The van der Waals surface area contributed by atoms with Crippen LogP contribution in [0.2, 0.25) is 0 Å². The van der Waals surface area contributed by atoms with Crippen molar-refractivity contribution in [3.05, 3.63) is 52.8 Å². The van der Waals surface area contributed by atoms with E-state index in [1.807, 2.05) is 0 Å². The van der Waals surface area contributed by atoms with Crippen LogP contribution in [-0.2, 0) is 11.3 Å². The molecule has 0 saturated heterocycles. The zero-order valence-electron chi connectivity index (χ0n) is 15.2. The third-order valence-electron chi connectivity index (χ3n) is 4.28. The Balaban J connectivity index is 2.36. The van der Waals surface area contributed by atoms with Gasteiger partial charge in [0.15, 0.2) is 0 Å². The molecule has 0 aliphatic carbocycles. The van der Waals surface area contributed by atoms with Gasteiger partial charge in [0.05, 0.1) is 32.2 Å². The van der Waals surface area contributed by atoms with Gasteiger partial charge in [-0.25, -0.2) is 0 Å². The minimum Gasteiger partial charge on any atom is -0.497 e. The van der Waals surface area contributed by atoms with Crippen molar-refractivity contribution in [3.63, 3.8) is 0 Å². The van der Waals surface area contributed by atoms with E-state index in [0.29, 0.717) is 39.3 Å². The highest BCUT2D eigenvalue weighted by atomic mass is 16.5. The highest BCUT2D eigenvalue weighted by Gasteiger charge is 2.17. The molecule has 7 nitrogen and oxygen atoms in total. The molecule has 0 radical (unpaired) electrons. The summed E-state index contributed by atoms with van der Waals surface area (Å²) in [5.74, 6) is 0.425. The van der Waals surface area contributed by atoms with Crippen molar-refractivity contribution < 1.29 is 24.1 Å². The van der Waals surface area contributed by atoms with Gasteiger partial charge in [-0.15, -0.1) is 0 Å². The summed E-state index contributed by atoms with van der Waals surface area (Å²) in [6, 6.07) is 10.2. The molecule has 0 saturated carbocycles. The molecule has 0 atom stereocenters. The van der Waals surface area contributed by atoms with Gasteiger partial charge in [0.25, 0.3) is 0 Å². The third-order valence-corrected chi connectivity index (χ3v) is 4.28. The summed E-state index contributed by atoms with van der Waals surface area (Å²) in [5.41, 5.74) is 1.20. The summed E-state index contributed by atoms with van der Waals surface area (Å²) < 4.78 is 17.3. The van der Waals surface area contributed by atoms with Crippen molar-refractivity contribution in [3.8, 4) is 28.4 Å². The molecule has 0 aliphatic rings. The number of carboxylic acid groups (broad SMARTS) is 1. The lowest BCUT2D eigenvalue weighted by Crippen LogP contribution is -2.16. The van der Waals surface area contributed by atoms with Gasteiger partial charge >= 0.3 is 5.97 Å². The summed E-state index contributed by atoms with van der Waals surface area (Å²) in [7, 11) is 4.50. The summed E-state index contributed by atoms with van der Waals surface area (Å²) >= 11 is 0. The first kappa shape index (κ1) is 18.3. The molecule has 0 aliphatic heterocycles. The van der Waals surface area contributed by atoms with Gasteiger partial charge in [0, 0.05) is 23.9 Å². The number of ether oxygens (including phenoxy) is 3. The molecule has 140 valence electrons. The maximum Gasteiger partial charge on any atom is 0.323 e. The number of hydrogen-bond acceptors (Lipinski definition) is 5. The predicted octanol–water partition coefficient (Wildman–Crippen LogP) is 2.78. The first-order chi connectivity index (χ1) is 13.0. The highest BCUT2D eigenvalue weighted by molar-refractivity contribution is 5.91. The standard InChI is InChI=1S/C20H19NO6/c1-25-13-6-4-12(5-7-13)15-10-21(11-18(22)23)16-8-14(26-2)9-17(27-3)19(16)20(15)24/h4-10H,11H2,1-3H3,(H,22,23). The molecule has 3 rings (SSSR count). The van der Waals surface area contributed by atoms with Crippen LogP contribution in [0, 0.1) is 0 Å². The van der Waals surface area contributed by atoms with Gasteiger partial charge in [0.2, 0.25) is 5.43 Å². The quantitative estimate of drug-likeness (QED) is 0.719. The normalized spacial score (nSPS) is 10.6. The summed E-state index contributed by atoms with van der Waals surface area (Å²) in [6.07, 6.45) is 1.54. The van der Waals surface area contributed by atoms with Crippen LogP contribution < -0.4 is 19.6 Å². The molecule has 7 heteroatoms. The van der Waals surface area contributed by atoms with Gasteiger partial charge in [0.1, 0.15) is 23.8 Å². The monoisotopic (exact) mass is 369 g/mol. The van der Waals surface area contributed by atoms with Crippen LogP contribution in [0.15, 0.2) is 47.4 Å². The Morgan fingerprint density at radius 3 is 2.22 bits per heavy atom. The fourth-order valence-electron chi connectivity index (χ4n) is 2.98. The second kappa shape index (κ2) is 7.41. The maximum atomic E-state index is 13.2.